The van der Waals surface area contributed by atoms with E-state index in [1.165, 1.54) is 0 Å². The summed E-state index contributed by atoms with van der Waals surface area (Å²) in [6, 6.07) is 2.04. The van der Waals surface area contributed by atoms with Crippen molar-refractivity contribution in [1.82, 2.24) is 4.90 Å². The predicted molar refractivity (Wildman–Crippen MR) is 56.3 cm³/mol. The topological polar surface area (TPSA) is 36.3 Å². The second kappa shape index (κ2) is 6.23. The zero-order valence-corrected chi connectivity index (χ0v) is 9.33. The second-order valence-electron chi connectivity index (χ2n) is 3.58. The number of hydrogen-bond acceptors (Lipinski definition) is 3. The number of alkyl halides is 1. The number of nitriles is 1. The molecule has 0 N–H and O–H groups in total. The number of rotatable bonds is 5. The molecule has 80 valence electrons. The van der Waals surface area contributed by atoms with Gasteiger partial charge in [0.2, 0.25) is 0 Å². The van der Waals surface area contributed by atoms with Gasteiger partial charge in [0.1, 0.15) is 5.38 Å². The Balaban J connectivity index is 2.27. The summed E-state index contributed by atoms with van der Waals surface area (Å²) in [6.45, 7) is 5.42. The molecule has 2 unspecified atom stereocenters. The monoisotopic (exact) mass is 216 g/mol. The van der Waals surface area contributed by atoms with E-state index in [1.807, 2.05) is 6.07 Å². The highest BCUT2D eigenvalue weighted by Gasteiger charge is 2.19. The van der Waals surface area contributed by atoms with Gasteiger partial charge < -0.3 is 4.74 Å². The fourth-order valence-electron chi connectivity index (χ4n) is 1.68. The molecule has 1 aliphatic heterocycles. The maximum Gasteiger partial charge on any atom is 0.133 e. The minimum Gasteiger partial charge on any atom is -0.377 e. The first-order chi connectivity index (χ1) is 6.76. The van der Waals surface area contributed by atoms with Crippen molar-refractivity contribution >= 4 is 11.6 Å². The molecular formula is C10H17ClN2O. The van der Waals surface area contributed by atoms with E-state index in [0.717, 1.165) is 32.5 Å². The standard InChI is InChI=1S/C10H17ClN2O/c1-2-13(7-9(11)6-12)8-10-4-3-5-14-10/h9-10H,2-5,7-8H2,1H3. The largest absolute Gasteiger partial charge is 0.377 e. The fraction of sp³-hybridized carbons (Fsp3) is 0.900. The number of likely N-dealkylation sites (N-methyl/N-ethyl adjacent to an activating group) is 1. The van der Waals surface area contributed by atoms with E-state index in [1.54, 1.807) is 0 Å². The number of halogens is 1. The lowest BCUT2D eigenvalue weighted by Gasteiger charge is -2.23. The molecule has 2 atom stereocenters. The van der Waals surface area contributed by atoms with Crippen LogP contribution in [0.2, 0.25) is 0 Å². The van der Waals surface area contributed by atoms with E-state index >= 15 is 0 Å². The maximum atomic E-state index is 8.60. The first-order valence-corrected chi connectivity index (χ1v) is 5.57. The molecule has 1 rings (SSSR count). The van der Waals surface area contributed by atoms with Gasteiger partial charge in [-0.15, -0.1) is 11.6 Å². The summed E-state index contributed by atoms with van der Waals surface area (Å²) in [5.74, 6) is 0. The lowest BCUT2D eigenvalue weighted by molar-refractivity contribution is 0.0758. The van der Waals surface area contributed by atoms with E-state index in [0.29, 0.717) is 12.6 Å². The molecule has 0 aromatic heterocycles. The van der Waals surface area contributed by atoms with E-state index < -0.39 is 5.38 Å². The van der Waals surface area contributed by atoms with Gasteiger partial charge in [0.25, 0.3) is 0 Å². The minimum absolute atomic E-state index is 0.345. The van der Waals surface area contributed by atoms with E-state index in [-0.39, 0.29) is 0 Å². The van der Waals surface area contributed by atoms with Crippen LogP contribution in [0.15, 0.2) is 0 Å². The summed E-state index contributed by atoms with van der Waals surface area (Å²) < 4.78 is 5.53. The third-order valence-electron chi connectivity index (χ3n) is 2.49. The van der Waals surface area contributed by atoms with Crippen LogP contribution in [-0.2, 0) is 4.74 Å². The molecule has 0 bridgehead atoms. The molecule has 1 fully saturated rings. The van der Waals surface area contributed by atoms with Gasteiger partial charge in [-0.1, -0.05) is 6.92 Å². The normalized spacial score (nSPS) is 23.7. The summed E-state index contributed by atoms with van der Waals surface area (Å²) in [4.78, 5) is 2.18. The fourth-order valence-corrected chi connectivity index (χ4v) is 1.87. The molecule has 0 radical (unpaired) electrons. The number of nitrogens with zero attached hydrogens (tertiary/aromatic N) is 2. The van der Waals surface area contributed by atoms with Crippen LogP contribution in [0.1, 0.15) is 19.8 Å². The molecule has 0 aromatic rings. The van der Waals surface area contributed by atoms with Gasteiger partial charge in [0, 0.05) is 19.7 Å². The van der Waals surface area contributed by atoms with Crippen LogP contribution in [0.4, 0.5) is 0 Å². The SMILES string of the molecule is CCN(CC(Cl)C#N)CC1CCCO1. The van der Waals surface area contributed by atoms with Crippen LogP contribution in [0, 0.1) is 11.3 Å². The predicted octanol–water partition coefficient (Wildman–Crippen LogP) is 1.62. The molecule has 0 saturated carbocycles. The molecule has 0 aromatic carbocycles. The highest BCUT2D eigenvalue weighted by atomic mass is 35.5. The highest BCUT2D eigenvalue weighted by molar-refractivity contribution is 6.22. The van der Waals surface area contributed by atoms with Crippen molar-refractivity contribution < 1.29 is 4.74 Å². The van der Waals surface area contributed by atoms with Crippen LogP contribution in [0.25, 0.3) is 0 Å². The van der Waals surface area contributed by atoms with Gasteiger partial charge in [-0.3, -0.25) is 4.90 Å². The quantitative estimate of drug-likeness (QED) is 0.656. The molecule has 0 amide bonds. The lowest BCUT2D eigenvalue weighted by atomic mass is 10.2. The average molecular weight is 217 g/mol. The Morgan fingerprint density at radius 3 is 3.00 bits per heavy atom. The summed E-state index contributed by atoms with van der Waals surface area (Å²) >= 11 is 5.78. The Kier molecular flexibility index (Phi) is 5.24. The summed E-state index contributed by atoms with van der Waals surface area (Å²) in [5.41, 5.74) is 0. The van der Waals surface area contributed by atoms with Gasteiger partial charge in [0.05, 0.1) is 12.2 Å². The van der Waals surface area contributed by atoms with Gasteiger partial charge in [-0.25, -0.2) is 0 Å². The zero-order chi connectivity index (χ0) is 10.4. The van der Waals surface area contributed by atoms with Crippen molar-refractivity contribution in [2.24, 2.45) is 0 Å². The van der Waals surface area contributed by atoms with E-state index in [4.69, 9.17) is 21.6 Å². The molecule has 14 heavy (non-hydrogen) atoms. The Bertz CT molecular complexity index is 199. The van der Waals surface area contributed by atoms with Crippen LogP contribution in [-0.4, -0.2) is 42.6 Å². The van der Waals surface area contributed by atoms with Gasteiger partial charge in [-0.2, -0.15) is 5.26 Å². The maximum absolute atomic E-state index is 8.60. The van der Waals surface area contributed by atoms with Crippen molar-refractivity contribution in [1.29, 1.82) is 5.26 Å². The third-order valence-corrected chi connectivity index (χ3v) is 2.73. The minimum atomic E-state index is -0.406. The Morgan fingerprint density at radius 1 is 1.71 bits per heavy atom. The van der Waals surface area contributed by atoms with Crippen molar-refractivity contribution in [3.05, 3.63) is 0 Å². The second-order valence-corrected chi connectivity index (χ2v) is 4.11. The molecule has 1 heterocycles. The van der Waals surface area contributed by atoms with Gasteiger partial charge >= 0.3 is 0 Å². The Labute approximate surface area is 90.6 Å². The highest BCUT2D eigenvalue weighted by Crippen LogP contribution is 2.13. The summed E-state index contributed by atoms with van der Waals surface area (Å²) in [6.07, 6.45) is 2.64. The van der Waals surface area contributed by atoms with Crippen molar-refractivity contribution in [3.8, 4) is 6.07 Å². The average Bonchev–Trinajstić information content (AvgIpc) is 2.69. The van der Waals surface area contributed by atoms with Gasteiger partial charge in [-0.05, 0) is 19.4 Å². The van der Waals surface area contributed by atoms with Crippen LogP contribution in [0.3, 0.4) is 0 Å². The van der Waals surface area contributed by atoms with Gasteiger partial charge in [0.15, 0.2) is 0 Å². The van der Waals surface area contributed by atoms with Crippen molar-refractivity contribution in [3.63, 3.8) is 0 Å². The first kappa shape index (κ1) is 11.8. The Hall–Kier alpha value is -0.300. The smallest absolute Gasteiger partial charge is 0.133 e. The molecular weight excluding hydrogens is 200 g/mol. The van der Waals surface area contributed by atoms with Crippen molar-refractivity contribution in [2.75, 3.05) is 26.2 Å². The molecule has 1 saturated heterocycles. The van der Waals surface area contributed by atoms with E-state index in [9.17, 15) is 0 Å². The van der Waals surface area contributed by atoms with Crippen LogP contribution >= 0.6 is 11.6 Å². The van der Waals surface area contributed by atoms with Crippen LogP contribution < -0.4 is 0 Å². The summed E-state index contributed by atoms with van der Waals surface area (Å²) in [5, 5.41) is 8.19. The van der Waals surface area contributed by atoms with Crippen LogP contribution in [0.5, 0.6) is 0 Å². The summed E-state index contributed by atoms with van der Waals surface area (Å²) in [7, 11) is 0. The van der Waals surface area contributed by atoms with E-state index in [2.05, 4.69) is 11.8 Å². The van der Waals surface area contributed by atoms with Crippen molar-refractivity contribution in [2.45, 2.75) is 31.2 Å². The lowest BCUT2D eigenvalue weighted by Crippen LogP contribution is -2.35. The number of hydrogen-bond donors (Lipinski definition) is 0. The Morgan fingerprint density at radius 2 is 2.50 bits per heavy atom. The number of ether oxygens (including phenoxy) is 1. The first-order valence-electron chi connectivity index (χ1n) is 5.14. The zero-order valence-electron chi connectivity index (χ0n) is 8.58. The molecule has 1 aliphatic rings. The third kappa shape index (κ3) is 3.83. The molecule has 3 nitrogen and oxygen atoms in total. The molecule has 0 aliphatic carbocycles. The molecule has 0 spiro atoms. The molecule has 4 heteroatoms.